The first-order valence-electron chi connectivity index (χ1n) is 12.8. The van der Waals surface area contributed by atoms with Crippen molar-refractivity contribution in [1.82, 2.24) is 0 Å². The maximum Gasteiger partial charge on any atom is 0.270 e. The number of carboxylic acids is 1. The van der Waals surface area contributed by atoms with E-state index in [1.807, 2.05) is 0 Å². The fourth-order valence-electron chi connectivity index (χ4n) is 4.29. The average molecular weight is 506 g/mol. The van der Waals surface area contributed by atoms with Gasteiger partial charge in [0, 0.05) is 38.1 Å². The van der Waals surface area contributed by atoms with Gasteiger partial charge in [0.2, 0.25) is 5.69 Å². The van der Waals surface area contributed by atoms with Crippen LogP contribution in [0.5, 0.6) is 0 Å². The summed E-state index contributed by atoms with van der Waals surface area (Å²) in [5, 5.41) is 9.36. The molecule has 196 valence electrons. The maximum absolute atomic E-state index is 9.58. The number of aromatic nitrogens is 1. The molecule has 2 aromatic rings. The summed E-state index contributed by atoms with van der Waals surface area (Å²) in [6, 6.07) is 13.7. The molecule has 0 aliphatic heterocycles. The number of carboxylic acid groups (broad SMARTS) is 1. The summed E-state index contributed by atoms with van der Waals surface area (Å²) >= 11 is 0. The molecule has 6 nitrogen and oxygen atoms in total. The number of carbonyl (C=O) groups excluding carboxylic acids is 1. The van der Waals surface area contributed by atoms with Crippen LogP contribution in [0.2, 0.25) is 0 Å². The predicted molar refractivity (Wildman–Crippen MR) is 139 cm³/mol. The second-order valence-electron chi connectivity index (χ2n) is 9.35. The van der Waals surface area contributed by atoms with Crippen LogP contribution in [-0.2, 0) is 21.3 Å². The first-order valence-corrected chi connectivity index (χ1v) is 14.4. The highest BCUT2D eigenvalue weighted by molar-refractivity contribution is 7.86. The minimum absolute atomic E-state index is 1.22. The Morgan fingerprint density at radius 1 is 0.829 bits per heavy atom. The molecule has 0 radical (unpaired) electrons. The SMILES string of the molecule is CCCCCCCCCCCCc1ccc(-[n+]2c(C)cc(C)cc2C)cc1.O=C([O-])CS(=O)(=O)O. The van der Waals surface area contributed by atoms with Gasteiger partial charge >= 0.3 is 0 Å². The summed E-state index contributed by atoms with van der Waals surface area (Å²) in [4.78, 5) is 9.36. The molecule has 2 rings (SSSR count). The smallest absolute Gasteiger partial charge is 0.270 e. The van der Waals surface area contributed by atoms with Crippen molar-refractivity contribution in [2.45, 2.75) is 98.3 Å². The van der Waals surface area contributed by atoms with Crippen molar-refractivity contribution < 1.29 is 27.4 Å². The highest BCUT2D eigenvalue weighted by atomic mass is 32.2. The largest absolute Gasteiger partial charge is 0.549 e. The molecule has 1 aromatic heterocycles. The first-order chi connectivity index (χ1) is 16.5. The Labute approximate surface area is 212 Å². The monoisotopic (exact) mass is 505 g/mol. The molecular formula is C28H43NO5S. The minimum Gasteiger partial charge on any atom is -0.549 e. The van der Waals surface area contributed by atoms with E-state index < -0.39 is 21.8 Å². The van der Waals surface area contributed by atoms with E-state index in [0.29, 0.717) is 0 Å². The second kappa shape index (κ2) is 16.4. The van der Waals surface area contributed by atoms with Crippen LogP contribution in [0.15, 0.2) is 36.4 Å². The van der Waals surface area contributed by atoms with E-state index >= 15 is 0 Å². The number of benzene rings is 1. The molecule has 0 fully saturated rings. The van der Waals surface area contributed by atoms with Gasteiger partial charge in [0.05, 0.1) is 5.97 Å². The Morgan fingerprint density at radius 3 is 1.69 bits per heavy atom. The van der Waals surface area contributed by atoms with Crippen molar-refractivity contribution >= 4 is 16.1 Å². The van der Waals surface area contributed by atoms with Crippen molar-refractivity contribution in [1.29, 1.82) is 0 Å². The molecule has 1 heterocycles. The number of hydrogen-bond acceptors (Lipinski definition) is 4. The summed E-state index contributed by atoms with van der Waals surface area (Å²) in [6.07, 6.45) is 15.3. The number of aryl methyl sites for hydroxylation is 4. The van der Waals surface area contributed by atoms with E-state index in [4.69, 9.17) is 4.55 Å². The molecule has 0 atom stereocenters. The molecule has 35 heavy (non-hydrogen) atoms. The lowest BCUT2D eigenvalue weighted by Crippen LogP contribution is -2.37. The van der Waals surface area contributed by atoms with Crippen LogP contribution in [0.4, 0.5) is 0 Å². The zero-order valence-electron chi connectivity index (χ0n) is 21.9. The van der Waals surface area contributed by atoms with E-state index in [1.165, 1.54) is 98.8 Å². The summed E-state index contributed by atoms with van der Waals surface area (Å²) < 4.78 is 29.2. The van der Waals surface area contributed by atoms with Gasteiger partial charge in [-0.15, -0.1) is 0 Å². The summed E-state index contributed by atoms with van der Waals surface area (Å²) in [7, 11) is -4.39. The standard InChI is InChI=1S/C26H40N.C2H4O5S/c1-5-6-7-8-9-10-11-12-13-14-15-25-16-18-26(19-17-25)27-23(3)20-22(2)21-24(27)4;3-2(4)1-8(5,6)7/h16-21H,5-15H2,1-4H3;1H2,(H,3,4)(H,5,6,7)/q+1;/p-1. The highest BCUT2D eigenvalue weighted by Gasteiger charge is 2.14. The van der Waals surface area contributed by atoms with E-state index in [2.05, 4.69) is 68.7 Å². The molecule has 0 saturated carbocycles. The number of pyridine rings is 1. The quantitative estimate of drug-likeness (QED) is 0.222. The number of rotatable bonds is 14. The van der Waals surface area contributed by atoms with Crippen LogP contribution < -0.4 is 9.67 Å². The number of aliphatic carboxylic acids is 1. The van der Waals surface area contributed by atoms with Crippen molar-refractivity contribution in [3.8, 4) is 5.69 Å². The van der Waals surface area contributed by atoms with Crippen LogP contribution in [-0.4, -0.2) is 24.7 Å². The molecule has 1 N–H and O–H groups in total. The summed E-state index contributed by atoms with van der Waals surface area (Å²) in [5.41, 5.74) is 6.68. The molecule has 0 spiro atoms. The molecule has 0 amide bonds. The zero-order valence-corrected chi connectivity index (χ0v) is 22.7. The first kappa shape index (κ1) is 30.8. The average Bonchev–Trinajstić information content (AvgIpc) is 2.74. The molecule has 7 heteroatoms. The van der Waals surface area contributed by atoms with Crippen molar-refractivity contribution in [2.24, 2.45) is 0 Å². The van der Waals surface area contributed by atoms with Crippen LogP contribution in [0.3, 0.4) is 0 Å². The molecular weight excluding hydrogens is 462 g/mol. The second-order valence-corrected chi connectivity index (χ2v) is 10.8. The van der Waals surface area contributed by atoms with Crippen LogP contribution in [0.1, 0.15) is 93.6 Å². The van der Waals surface area contributed by atoms with E-state index in [0.717, 1.165) is 0 Å². The fourth-order valence-corrected chi connectivity index (χ4v) is 4.59. The minimum atomic E-state index is -4.39. The highest BCUT2D eigenvalue weighted by Crippen LogP contribution is 2.14. The zero-order chi connectivity index (χ0) is 26.3. The van der Waals surface area contributed by atoms with E-state index in [-0.39, 0.29) is 0 Å². The van der Waals surface area contributed by atoms with Crippen molar-refractivity contribution in [3.63, 3.8) is 0 Å². The van der Waals surface area contributed by atoms with Crippen molar-refractivity contribution in [2.75, 3.05) is 5.75 Å². The van der Waals surface area contributed by atoms with E-state index in [1.54, 1.807) is 0 Å². The Balaban J connectivity index is 0.000000658. The van der Waals surface area contributed by atoms with Crippen LogP contribution >= 0.6 is 0 Å². The van der Waals surface area contributed by atoms with Gasteiger partial charge in [0.1, 0.15) is 5.75 Å². The van der Waals surface area contributed by atoms with Gasteiger partial charge in [-0.2, -0.15) is 13.0 Å². The molecule has 0 unspecified atom stereocenters. The van der Waals surface area contributed by atoms with Gasteiger partial charge in [-0.1, -0.05) is 76.8 Å². The van der Waals surface area contributed by atoms with Crippen LogP contribution in [0, 0.1) is 20.8 Å². The van der Waals surface area contributed by atoms with Gasteiger partial charge in [0.25, 0.3) is 10.1 Å². The van der Waals surface area contributed by atoms with Crippen molar-refractivity contribution in [3.05, 3.63) is 58.9 Å². The van der Waals surface area contributed by atoms with Gasteiger partial charge in [-0.25, -0.2) is 0 Å². The normalized spacial score (nSPS) is 11.1. The lowest BCUT2D eigenvalue weighted by atomic mass is 10.0. The lowest BCUT2D eigenvalue weighted by molar-refractivity contribution is -0.609. The fraction of sp³-hybridized carbons (Fsp3) is 0.571. The number of hydrogen-bond donors (Lipinski definition) is 1. The summed E-state index contributed by atoms with van der Waals surface area (Å²) in [5.74, 6) is -3.15. The third-order valence-electron chi connectivity index (χ3n) is 5.89. The Hall–Kier alpha value is -2.25. The molecule has 0 aliphatic rings. The van der Waals surface area contributed by atoms with Gasteiger partial charge in [-0.3, -0.25) is 4.55 Å². The molecule has 0 saturated heterocycles. The Kier molecular flexibility index (Phi) is 14.4. The Morgan fingerprint density at radius 2 is 1.29 bits per heavy atom. The van der Waals surface area contributed by atoms with Gasteiger partial charge in [-0.05, 0) is 30.9 Å². The number of carbonyl (C=O) groups is 1. The topological polar surface area (TPSA) is 98.4 Å². The Bertz CT molecular complexity index is 978. The lowest BCUT2D eigenvalue weighted by Gasteiger charge is -2.06. The maximum atomic E-state index is 9.58. The van der Waals surface area contributed by atoms with Gasteiger partial charge < -0.3 is 9.90 Å². The summed E-state index contributed by atoms with van der Waals surface area (Å²) in [6.45, 7) is 8.84. The molecule has 0 aliphatic carbocycles. The number of unbranched alkanes of at least 4 members (excludes halogenated alkanes) is 9. The van der Waals surface area contributed by atoms with E-state index in [9.17, 15) is 18.3 Å². The van der Waals surface area contributed by atoms with Gasteiger partial charge in [0.15, 0.2) is 11.4 Å². The molecule has 0 bridgehead atoms. The molecule has 1 aromatic carbocycles. The third-order valence-corrected chi connectivity index (χ3v) is 6.49. The van der Waals surface area contributed by atoms with Crippen LogP contribution in [0.25, 0.3) is 5.69 Å². The predicted octanol–water partition coefficient (Wildman–Crippen LogP) is 4.98. The number of nitrogens with zero attached hydrogens (tertiary/aromatic N) is 1. The third kappa shape index (κ3) is 14.0.